The Morgan fingerprint density at radius 2 is 1.59 bits per heavy atom. The number of anilines is 1. The van der Waals surface area contributed by atoms with Gasteiger partial charge in [-0.2, -0.15) is 0 Å². The Labute approximate surface area is 215 Å². The zero-order chi connectivity index (χ0) is 26.8. The molecule has 0 radical (unpaired) electrons. The Bertz CT molecular complexity index is 1540. The zero-order valence-corrected chi connectivity index (χ0v) is 21.6. The van der Waals surface area contributed by atoms with Crippen LogP contribution in [0, 0.1) is 0 Å². The lowest BCUT2D eigenvalue weighted by atomic mass is 10.1. The van der Waals surface area contributed by atoms with Gasteiger partial charge in [0.05, 0.1) is 18.0 Å². The molecule has 0 saturated heterocycles. The van der Waals surface area contributed by atoms with E-state index in [1.54, 1.807) is 54.6 Å². The van der Waals surface area contributed by atoms with Crippen LogP contribution in [0.2, 0.25) is 0 Å². The average molecular weight is 543 g/mol. The largest absolute Gasteiger partial charge is 0.348 e. The number of nitrogens with two attached hydrogens (primary N) is 1. The molecular formula is C25H26N4O6S2. The molecule has 3 amide bonds. The van der Waals surface area contributed by atoms with Gasteiger partial charge in [-0.15, -0.1) is 0 Å². The monoisotopic (exact) mass is 542 g/mol. The van der Waals surface area contributed by atoms with Crippen LogP contribution in [-0.2, 0) is 39.6 Å². The van der Waals surface area contributed by atoms with Crippen molar-refractivity contribution >= 4 is 37.7 Å². The number of urea groups is 1. The summed E-state index contributed by atoms with van der Waals surface area (Å²) in [6, 6.07) is 19.3. The molecule has 0 fully saturated rings. The van der Waals surface area contributed by atoms with Crippen LogP contribution in [0.4, 0.5) is 10.5 Å². The van der Waals surface area contributed by atoms with Gasteiger partial charge in [0.2, 0.25) is 10.0 Å². The van der Waals surface area contributed by atoms with Crippen LogP contribution in [0.3, 0.4) is 0 Å². The van der Waals surface area contributed by atoms with Crippen molar-refractivity contribution in [1.29, 1.82) is 0 Å². The maximum absolute atomic E-state index is 13.4. The number of amides is 3. The summed E-state index contributed by atoms with van der Waals surface area (Å²) >= 11 is 0. The van der Waals surface area contributed by atoms with Gasteiger partial charge in [0.1, 0.15) is 4.90 Å². The second-order valence-electron chi connectivity index (χ2n) is 8.64. The fourth-order valence-corrected chi connectivity index (χ4v) is 6.05. The maximum atomic E-state index is 13.4. The first-order valence-electron chi connectivity index (χ1n) is 11.3. The standard InChI is InChI=1S/C25H26N4O6S2/c1-28-22-12-11-21(24(30)27-16-19-9-7-18(8-10-19)13-14-36(26,32)33)15-23(22)37(34,35)29(25(28)31)17-20-5-3-2-4-6-20/h2-12,15H,13-14,16-17H2,1H3,(H,27,30)(H2,26,32,33). The highest BCUT2D eigenvalue weighted by molar-refractivity contribution is 7.90. The quantitative estimate of drug-likeness (QED) is 0.446. The molecule has 37 heavy (non-hydrogen) atoms. The molecule has 0 bridgehead atoms. The van der Waals surface area contributed by atoms with Gasteiger partial charge in [-0.25, -0.2) is 31.1 Å². The van der Waals surface area contributed by atoms with Gasteiger partial charge in [0.25, 0.3) is 15.9 Å². The molecule has 1 aliphatic heterocycles. The van der Waals surface area contributed by atoms with Crippen molar-refractivity contribution in [3.63, 3.8) is 0 Å². The molecule has 10 nitrogen and oxygen atoms in total. The molecule has 3 aromatic rings. The summed E-state index contributed by atoms with van der Waals surface area (Å²) in [5, 5.41) is 7.78. The lowest BCUT2D eigenvalue weighted by Crippen LogP contribution is -2.48. The number of hydrogen-bond acceptors (Lipinski definition) is 6. The minimum Gasteiger partial charge on any atom is -0.348 e. The van der Waals surface area contributed by atoms with Gasteiger partial charge in [0.15, 0.2) is 0 Å². The van der Waals surface area contributed by atoms with Crippen molar-refractivity contribution in [3.8, 4) is 0 Å². The Morgan fingerprint density at radius 1 is 0.946 bits per heavy atom. The molecule has 0 atom stereocenters. The highest BCUT2D eigenvalue weighted by Crippen LogP contribution is 2.35. The summed E-state index contributed by atoms with van der Waals surface area (Å²) in [5.74, 6) is -0.640. The maximum Gasteiger partial charge on any atom is 0.338 e. The van der Waals surface area contributed by atoms with Crippen LogP contribution in [0.5, 0.6) is 0 Å². The minimum absolute atomic E-state index is 0.127. The van der Waals surface area contributed by atoms with Crippen LogP contribution in [-0.4, -0.2) is 45.9 Å². The zero-order valence-electron chi connectivity index (χ0n) is 20.0. The number of benzene rings is 3. The van der Waals surface area contributed by atoms with E-state index in [1.165, 1.54) is 30.1 Å². The van der Waals surface area contributed by atoms with Crippen LogP contribution in [0.1, 0.15) is 27.0 Å². The summed E-state index contributed by atoms with van der Waals surface area (Å²) in [4.78, 5) is 26.8. The first-order chi connectivity index (χ1) is 17.5. The number of nitrogens with one attached hydrogen (secondary N) is 1. The molecular weight excluding hydrogens is 516 g/mol. The molecule has 0 aromatic heterocycles. The van der Waals surface area contributed by atoms with Gasteiger partial charge >= 0.3 is 6.03 Å². The smallest absolute Gasteiger partial charge is 0.338 e. The van der Waals surface area contributed by atoms with E-state index in [9.17, 15) is 26.4 Å². The van der Waals surface area contributed by atoms with E-state index in [0.717, 1.165) is 15.4 Å². The average Bonchev–Trinajstić information content (AvgIpc) is 2.88. The van der Waals surface area contributed by atoms with Gasteiger partial charge in [0, 0.05) is 19.2 Å². The van der Waals surface area contributed by atoms with Crippen molar-refractivity contribution in [2.75, 3.05) is 17.7 Å². The molecule has 4 rings (SSSR count). The molecule has 3 N–H and O–H groups in total. The summed E-state index contributed by atoms with van der Waals surface area (Å²) in [6.45, 7) is 0.0477. The third-order valence-electron chi connectivity index (χ3n) is 5.97. The van der Waals surface area contributed by atoms with Crippen molar-refractivity contribution in [3.05, 3.63) is 95.1 Å². The summed E-state index contributed by atoms with van der Waals surface area (Å²) in [5.41, 5.74) is 2.55. The SMILES string of the molecule is CN1C(=O)N(Cc2ccccc2)S(=O)(=O)c2cc(C(=O)NCc3ccc(CCS(N)(=O)=O)cc3)ccc21. The van der Waals surface area contributed by atoms with Gasteiger partial charge in [-0.3, -0.25) is 9.69 Å². The van der Waals surface area contributed by atoms with E-state index >= 15 is 0 Å². The molecule has 1 aliphatic rings. The highest BCUT2D eigenvalue weighted by Gasteiger charge is 2.40. The van der Waals surface area contributed by atoms with E-state index < -0.39 is 32.0 Å². The number of fused-ring (bicyclic) bond motifs is 1. The number of carbonyl (C=O) groups excluding carboxylic acids is 2. The van der Waals surface area contributed by atoms with Gasteiger partial charge < -0.3 is 5.32 Å². The Hall–Kier alpha value is -3.74. The lowest BCUT2D eigenvalue weighted by Gasteiger charge is -2.34. The van der Waals surface area contributed by atoms with Gasteiger partial charge in [-0.1, -0.05) is 54.6 Å². The third-order valence-corrected chi connectivity index (χ3v) is 8.49. The predicted octanol–water partition coefficient (Wildman–Crippen LogP) is 2.21. The first-order valence-corrected chi connectivity index (χ1v) is 14.5. The summed E-state index contributed by atoms with van der Waals surface area (Å²) in [7, 11) is -6.26. The van der Waals surface area contributed by atoms with E-state index in [-0.39, 0.29) is 41.4 Å². The van der Waals surface area contributed by atoms with Crippen molar-refractivity contribution in [2.24, 2.45) is 5.14 Å². The number of hydrogen-bond donors (Lipinski definition) is 2. The topological polar surface area (TPSA) is 147 Å². The fraction of sp³-hybridized carbons (Fsp3) is 0.200. The van der Waals surface area contributed by atoms with E-state index in [1.807, 2.05) is 0 Å². The van der Waals surface area contributed by atoms with Crippen LogP contribution in [0.15, 0.2) is 77.7 Å². The van der Waals surface area contributed by atoms with Crippen molar-refractivity contribution < 1.29 is 26.4 Å². The number of carbonyl (C=O) groups is 2. The third kappa shape index (κ3) is 5.98. The fourth-order valence-electron chi connectivity index (χ4n) is 3.90. The second-order valence-corrected chi connectivity index (χ2v) is 12.2. The number of aryl methyl sites for hydroxylation is 1. The van der Waals surface area contributed by atoms with E-state index in [2.05, 4.69) is 5.32 Å². The molecule has 0 unspecified atom stereocenters. The Balaban J connectivity index is 1.49. The van der Waals surface area contributed by atoms with Crippen molar-refractivity contribution in [2.45, 2.75) is 24.4 Å². The molecule has 194 valence electrons. The van der Waals surface area contributed by atoms with E-state index in [4.69, 9.17) is 5.14 Å². The van der Waals surface area contributed by atoms with Gasteiger partial charge in [-0.05, 0) is 41.3 Å². The second kappa shape index (κ2) is 10.3. The molecule has 1 heterocycles. The Kier molecular flexibility index (Phi) is 7.35. The van der Waals surface area contributed by atoms with Crippen LogP contribution in [0.25, 0.3) is 0 Å². The molecule has 0 saturated carbocycles. The normalized spacial score (nSPS) is 14.8. The number of primary sulfonamides is 1. The lowest BCUT2D eigenvalue weighted by molar-refractivity contribution is 0.0950. The number of sulfonamides is 2. The number of nitrogens with zero attached hydrogens (tertiary/aromatic N) is 2. The highest BCUT2D eigenvalue weighted by atomic mass is 32.2. The molecule has 0 aliphatic carbocycles. The number of rotatable bonds is 8. The molecule has 0 spiro atoms. The minimum atomic E-state index is -4.20. The summed E-state index contributed by atoms with van der Waals surface area (Å²) in [6.07, 6.45) is 0.285. The predicted molar refractivity (Wildman–Crippen MR) is 139 cm³/mol. The van der Waals surface area contributed by atoms with Crippen LogP contribution < -0.4 is 15.4 Å². The molecule has 3 aromatic carbocycles. The van der Waals surface area contributed by atoms with Crippen LogP contribution >= 0.6 is 0 Å². The Morgan fingerprint density at radius 3 is 2.24 bits per heavy atom. The molecule has 12 heteroatoms. The first kappa shape index (κ1) is 26.3. The summed E-state index contributed by atoms with van der Waals surface area (Å²) < 4.78 is 49.8. The van der Waals surface area contributed by atoms with Crippen molar-refractivity contribution in [1.82, 2.24) is 9.62 Å². The van der Waals surface area contributed by atoms with E-state index in [0.29, 0.717) is 5.56 Å².